The smallest absolute Gasteiger partial charge is 0.202 e. The molecule has 0 unspecified atom stereocenters. The molecule has 0 amide bonds. The van der Waals surface area contributed by atoms with Gasteiger partial charge in [-0.2, -0.15) is 0 Å². The van der Waals surface area contributed by atoms with Crippen molar-refractivity contribution in [3.63, 3.8) is 0 Å². The highest BCUT2D eigenvalue weighted by molar-refractivity contribution is 7.95. The summed E-state index contributed by atoms with van der Waals surface area (Å²) in [4.78, 5) is 0.760. The number of hydrogen-bond acceptors (Lipinski definition) is 2. The average Bonchev–Trinajstić information content (AvgIpc) is 2.16. The second-order valence-corrected chi connectivity index (χ2v) is 5.34. The first-order valence-electron chi connectivity index (χ1n) is 4.43. The highest BCUT2D eigenvalue weighted by Crippen LogP contribution is 2.19. The first-order chi connectivity index (χ1) is 6.48. The minimum atomic E-state index is -3.25. The third-order valence-corrected chi connectivity index (χ3v) is 4.09. The molecule has 0 saturated heterocycles. The quantitative estimate of drug-likeness (QED) is 0.752. The molecule has 14 heavy (non-hydrogen) atoms. The van der Waals surface area contributed by atoms with Crippen molar-refractivity contribution in [2.45, 2.75) is 25.7 Å². The first-order valence-corrected chi connectivity index (χ1v) is 5.91. The van der Waals surface area contributed by atoms with Crippen molar-refractivity contribution in [1.29, 1.82) is 0 Å². The van der Waals surface area contributed by atoms with Gasteiger partial charge in [0.25, 0.3) is 0 Å². The predicted molar refractivity (Wildman–Crippen MR) is 57.8 cm³/mol. The second-order valence-electron chi connectivity index (χ2n) is 3.22. The van der Waals surface area contributed by atoms with Crippen LogP contribution in [0, 0.1) is 6.92 Å². The Morgan fingerprint density at radius 1 is 1.36 bits per heavy atom. The van der Waals surface area contributed by atoms with Gasteiger partial charge in [-0.3, -0.25) is 0 Å². The Kier molecular flexibility index (Phi) is 3.11. The van der Waals surface area contributed by atoms with Crippen LogP contribution in [0.15, 0.2) is 40.1 Å². The third-order valence-electron chi connectivity index (χ3n) is 2.13. The minimum absolute atomic E-state index is 0.369. The summed E-state index contributed by atoms with van der Waals surface area (Å²) in [6.45, 7) is 5.21. The van der Waals surface area contributed by atoms with Crippen molar-refractivity contribution < 1.29 is 8.42 Å². The molecule has 0 fully saturated rings. The molecule has 0 heterocycles. The van der Waals surface area contributed by atoms with E-state index in [1.807, 2.05) is 13.0 Å². The van der Waals surface area contributed by atoms with Crippen LogP contribution < -0.4 is 0 Å². The normalized spacial score (nSPS) is 12.9. The zero-order valence-electron chi connectivity index (χ0n) is 8.61. The molecule has 1 aromatic rings. The molecule has 0 saturated carbocycles. The molecular formula is C11H14O2S. The summed E-state index contributed by atoms with van der Waals surface area (Å²) in [6, 6.07) is 6.94. The third kappa shape index (κ3) is 2.04. The molecule has 0 atom stereocenters. The van der Waals surface area contributed by atoms with E-state index >= 15 is 0 Å². The van der Waals surface area contributed by atoms with E-state index in [4.69, 9.17) is 0 Å². The molecule has 0 spiro atoms. The van der Waals surface area contributed by atoms with Crippen molar-refractivity contribution in [3.05, 3.63) is 40.8 Å². The van der Waals surface area contributed by atoms with Crippen LogP contribution in [0.5, 0.6) is 0 Å². The fourth-order valence-electron chi connectivity index (χ4n) is 1.12. The Morgan fingerprint density at radius 3 is 2.50 bits per heavy atom. The summed E-state index contributed by atoms with van der Waals surface area (Å²) in [5.41, 5.74) is 0.954. The molecule has 0 aromatic heterocycles. The van der Waals surface area contributed by atoms with E-state index < -0.39 is 9.84 Å². The average molecular weight is 210 g/mol. The van der Waals surface area contributed by atoms with Gasteiger partial charge in [0.05, 0.1) is 4.90 Å². The number of sulfone groups is 1. The number of rotatable bonds is 2. The lowest BCUT2D eigenvalue weighted by molar-refractivity contribution is 0.602. The highest BCUT2D eigenvalue weighted by Gasteiger charge is 2.15. The van der Waals surface area contributed by atoms with Crippen LogP contribution in [-0.2, 0) is 9.84 Å². The number of benzene rings is 1. The Balaban J connectivity index is 3.31. The summed E-state index contributed by atoms with van der Waals surface area (Å²) < 4.78 is 23.7. The first kappa shape index (κ1) is 11.0. The van der Waals surface area contributed by atoms with E-state index in [-0.39, 0.29) is 0 Å². The SMILES string of the molecule is C/C=C(\C)S(=O)(=O)c1cccc(C)c1. The molecular weight excluding hydrogens is 196 g/mol. The molecule has 0 N–H and O–H groups in total. The van der Waals surface area contributed by atoms with Crippen molar-refractivity contribution in [3.8, 4) is 0 Å². The lowest BCUT2D eigenvalue weighted by Gasteiger charge is -2.04. The minimum Gasteiger partial charge on any atom is -0.219 e. The maximum absolute atomic E-state index is 11.8. The van der Waals surface area contributed by atoms with Gasteiger partial charge < -0.3 is 0 Å². The van der Waals surface area contributed by atoms with Crippen molar-refractivity contribution >= 4 is 9.84 Å². The maximum atomic E-state index is 11.8. The van der Waals surface area contributed by atoms with E-state index in [2.05, 4.69) is 0 Å². The molecule has 3 heteroatoms. The molecule has 2 nitrogen and oxygen atoms in total. The van der Waals surface area contributed by atoms with Gasteiger partial charge in [0.2, 0.25) is 9.84 Å². The van der Waals surface area contributed by atoms with Crippen LogP contribution in [-0.4, -0.2) is 8.42 Å². The van der Waals surface area contributed by atoms with Crippen LogP contribution in [0.1, 0.15) is 19.4 Å². The monoisotopic (exact) mass is 210 g/mol. The van der Waals surface area contributed by atoms with Gasteiger partial charge in [0.1, 0.15) is 0 Å². The summed E-state index contributed by atoms with van der Waals surface area (Å²) in [6.07, 6.45) is 1.61. The molecule has 0 radical (unpaired) electrons. The summed E-state index contributed by atoms with van der Waals surface area (Å²) in [5, 5.41) is 0. The van der Waals surface area contributed by atoms with Crippen LogP contribution >= 0.6 is 0 Å². The van der Waals surface area contributed by atoms with E-state index in [9.17, 15) is 8.42 Å². The fourth-order valence-corrected chi connectivity index (χ4v) is 2.40. The second kappa shape index (κ2) is 3.96. The van der Waals surface area contributed by atoms with E-state index in [0.29, 0.717) is 9.80 Å². The summed E-state index contributed by atoms with van der Waals surface area (Å²) in [7, 11) is -3.25. The molecule has 0 aliphatic heterocycles. The fraction of sp³-hybridized carbons (Fsp3) is 0.273. The molecule has 1 rings (SSSR count). The largest absolute Gasteiger partial charge is 0.219 e. The molecule has 0 aliphatic rings. The van der Waals surface area contributed by atoms with Crippen LogP contribution in [0.3, 0.4) is 0 Å². The Hall–Kier alpha value is -1.09. The van der Waals surface area contributed by atoms with Gasteiger partial charge in [-0.15, -0.1) is 0 Å². The summed E-state index contributed by atoms with van der Waals surface area (Å²) >= 11 is 0. The van der Waals surface area contributed by atoms with Gasteiger partial charge in [0, 0.05) is 4.91 Å². The van der Waals surface area contributed by atoms with Gasteiger partial charge in [-0.25, -0.2) is 8.42 Å². The molecule has 1 aromatic carbocycles. The van der Waals surface area contributed by atoms with Gasteiger partial charge in [-0.1, -0.05) is 18.2 Å². The van der Waals surface area contributed by atoms with Gasteiger partial charge >= 0.3 is 0 Å². The zero-order valence-corrected chi connectivity index (χ0v) is 9.43. The molecule has 0 aliphatic carbocycles. The number of hydrogen-bond donors (Lipinski definition) is 0. The Labute approximate surface area is 85.2 Å². The van der Waals surface area contributed by atoms with E-state index in [1.54, 1.807) is 38.1 Å². The molecule has 76 valence electrons. The number of aryl methyl sites for hydroxylation is 1. The van der Waals surface area contributed by atoms with Gasteiger partial charge in [0.15, 0.2) is 0 Å². The zero-order chi connectivity index (χ0) is 10.8. The summed E-state index contributed by atoms with van der Waals surface area (Å²) in [5.74, 6) is 0. The van der Waals surface area contributed by atoms with Crippen molar-refractivity contribution in [2.24, 2.45) is 0 Å². The van der Waals surface area contributed by atoms with Gasteiger partial charge in [-0.05, 0) is 38.5 Å². The van der Waals surface area contributed by atoms with Crippen LogP contribution in [0.25, 0.3) is 0 Å². The van der Waals surface area contributed by atoms with Crippen molar-refractivity contribution in [2.75, 3.05) is 0 Å². The van der Waals surface area contributed by atoms with Crippen LogP contribution in [0.4, 0.5) is 0 Å². The van der Waals surface area contributed by atoms with E-state index in [0.717, 1.165) is 5.56 Å². The lowest BCUT2D eigenvalue weighted by atomic mass is 10.2. The number of allylic oxidation sites excluding steroid dienone is 2. The van der Waals surface area contributed by atoms with E-state index in [1.165, 1.54) is 0 Å². The van der Waals surface area contributed by atoms with Crippen LogP contribution in [0.2, 0.25) is 0 Å². The Morgan fingerprint density at radius 2 is 2.00 bits per heavy atom. The topological polar surface area (TPSA) is 34.1 Å². The Bertz CT molecular complexity index is 456. The maximum Gasteiger partial charge on any atom is 0.202 e. The predicted octanol–water partition coefficient (Wildman–Crippen LogP) is 2.69. The standard InChI is InChI=1S/C11H14O2S/c1-4-10(3)14(12,13)11-7-5-6-9(2)8-11/h4-8H,1-3H3/b10-4+. The highest BCUT2D eigenvalue weighted by atomic mass is 32.2. The lowest BCUT2D eigenvalue weighted by Crippen LogP contribution is -2.02. The van der Waals surface area contributed by atoms with Crippen molar-refractivity contribution in [1.82, 2.24) is 0 Å². The molecule has 0 bridgehead atoms.